The summed E-state index contributed by atoms with van der Waals surface area (Å²) >= 11 is 1.38. The van der Waals surface area contributed by atoms with Crippen molar-refractivity contribution < 1.29 is 36.7 Å². The van der Waals surface area contributed by atoms with E-state index in [1.165, 1.54) is 42.1 Å². The van der Waals surface area contributed by atoms with E-state index in [1.807, 2.05) is 0 Å². The first-order valence-corrected chi connectivity index (χ1v) is 12.6. The Kier molecular flexibility index (Phi) is 8.06. The molecule has 0 aliphatic carbocycles. The van der Waals surface area contributed by atoms with Gasteiger partial charge in [-0.3, -0.25) is 14.4 Å². The minimum atomic E-state index is -4.35. The van der Waals surface area contributed by atoms with Crippen LogP contribution in [0.2, 0.25) is 0 Å². The average Bonchev–Trinajstić information content (AvgIpc) is 2.79. The van der Waals surface area contributed by atoms with Crippen LogP contribution in [0, 0.1) is 5.82 Å². The van der Waals surface area contributed by atoms with Crippen molar-refractivity contribution in [3.63, 3.8) is 0 Å². The topological polar surface area (TPSA) is 128 Å². The number of nitrogens with one attached hydrogen (secondary N) is 2. The molecule has 12 heteroatoms. The highest BCUT2D eigenvalue weighted by Crippen LogP contribution is 2.28. The monoisotopic (exact) mass is 496 g/mol. The maximum atomic E-state index is 14.0. The Morgan fingerprint density at radius 3 is 2.76 bits per heavy atom. The van der Waals surface area contributed by atoms with E-state index in [9.17, 15) is 27.2 Å². The van der Waals surface area contributed by atoms with Crippen LogP contribution in [-0.2, 0) is 24.3 Å². The van der Waals surface area contributed by atoms with Crippen LogP contribution in [0.1, 0.15) is 16.8 Å². The van der Waals surface area contributed by atoms with E-state index in [-0.39, 0.29) is 24.5 Å². The minimum absolute atomic E-state index is 0.0735. The first-order valence-electron chi connectivity index (χ1n) is 9.73. The van der Waals surface area contributed by atoms with Gasteiger partial charge in [-0.25, -0.2) is 12.8 Å². The molecule has 0 aromatic heterocycles. The molecule has 2 aromatic rings. The third-order valence-electron chi connectivity index (χ3n) is 4.60. The van der Waals surface area contributed by atoms with Crippen LogP contribution in [0.4, 0.5) is 10.1 Å². The van der Waals surface area contributed by atoms with Crippen molar-refractivity contribution in [3.8, 4) is 5.75 Å². The van der Waals surface area contributed by atoms with Gasteiger partial charge in [0, 0.05) is 5.56 Å². The molecule has 2 N–H and O–H groups in total. The van der Waals surface area contributed by atoms with Gasteiger partial charge < -0.3 is 14.8 Å². The first kappa shape index (κ1) is 24.7. The zero-order chi connectivity index (χ0) is 24.0. The number of esters is 1. The second kappa shape index (κ2) is 10.8. The average molecular weight is 497 g/mol. The predicted octanol–water partition coefficient (Wildman–Crippen LogP) is 1.98. The number of anilines is 1. The summed E-state index contributed by atoms with van der Waals surface area (Å²) in [4.78, 5) is 35.9. The number of ketones is 1. The van der Waals surface area contributed by atoms with Crippen LogP contribution in [0.3, 0.4) is 0 Å². The van der Waals surface area contributed by atoms with Crippen LogP contribution >= 0.6 is 11.8 Å². The van der Waals surface area contributed by atoms with Crippen LogP contribution in [0.15, 0.2) is 47.4 Å². The lowest BCUT2D eigenvalue weighted by Crippen LogP contribution is -2.43. The highest BCUT2D eigenvalue weighted by atomic mass is 32.2. The SMILES string of the molecule is CSCC[C@H](NS(=O)(=O)c1ccccc1F)C(=O)OCC(=O)c1ccc2c(c1)NC(=O)CO2. The molecule has 1 aliphatic rings. The molecule has 1 heterocycles. The number of Topliss-reactive ketones (excluding diaryl/α,β-unsaturated/α-hetero) is 1. The van der Waals surface area contributed by atoms with Crippen molar-refractivity contribution in [1.82, 2.24) is 4.72 Å². The summed E-state index contributed by atoms with van der Waals surface area (Å²) in [5.74, 6) is -2.03. The number of sulfonamides is 1. The quantitative estimate of drug-likeness (QED) is 0.378. The molecule has 2 aromatic carbocycles. The van der Waals surface area contributed by atoms with E-state index in [4.69, 9.17) is 9.47 Å². The second-order valence-electron chi connectivity index (χ2n) is 6.96. The Balaban J connectivity index is 1.68. The molecular weight excluding hydrogens is 475 g/mol. The smallest absolute Gasteiger partial charge is 0.324 e. The number of hydrogen-bond donors (Lipinski definition) is 2. The Morgan fingerprint density at radius 1 is 1.27 bits per heavy atom. The summed E-state index contributed by atoms with van der Waals surface area (Å²) in [7, 11) is -4.35. The third kappa shape index (κ3) is 6.30. The Morgan fingerprint density at radius 2 is 2.03 bits per heavy atom. The van der Waals surface area contributed by atoms with Crippen molar-refractivity contribution in [2.24, 2.45) is 0 Å². The minimum Gasteiger partial charge on any atom is -0.482 e. The number of carbonyl (C=O) groups excluding carboxylic acids is 3. The number of benzene rings is 2. The molecule has 0 spiro atoms. The van der Waals surface area contributed by atoms with E-state index in [2.05, 4.69) is 10.0 Å². The van der Waals surface area contributed by atoms with Gasteiger partial charge in [0.05, 0.1) is 5.69 Å². The van der Waals surface area contributed by atoms with Gasteiger partial charge in [0.2, 0.25) is 10.0 Å². The highest BCUT2D eigenvalue weighted by molar-refractivity contribution is 7.98. The predicted molar refractivity (Wildman–Crippen MR) is 119 cm³/mol. The van der Waals surface area contributed by atoms with Crippen molar-refractivity contribution >= 4 is 45.1 Å². The van der Waals surface area contributed by atoms with E-state index in [0.29, 0.717) is 17.2 Å². The Bertz CT molecular complexity index is 1170. The maximum Gasteiger partial charge on any atom is 0.324 e. The van der Waals surface area contributed by atoms with Crippen molar-refractivity contribution in [2.45, 2.75) is 17.4 Å². The highest BCUT2D eigenvalue weighted by Gasteiger charge is 2.29. The number of ether oxygens (including phenoxy) is 2. The van der Waals surface area contributed by atoms with Crippen molar-refractivity contribution in [3.05, 3.63) is 53.8 Å². The summed E-state index contributed by atoms with van der Waals surface area (Å²) in [5, 5.41) is 2.57. The zero-order valence-corrected chi connectivity index (χ0v) is 19.1. The van der Waals surface area contributed by atoms with E-state index in [0.717, 1.165) is 12.1 Å². The van der Waals surface area contributed by atoms with Gasteiger partial charge >= 0.3 is 5.97 Å². The van der Waals surface area contributed by atoms with Gasteiger partial charge in [-0.15, -0.1) is 0 Å². The summed E-state index contributed by atoms with van der Waals surface area (Å²) in [5.41, 5.74) is 0.485. The fraction of sp³-hybridized carbons (Fsp3) is 0.286. The molecule has 0 radical (unpaired) electrons. The molecular formula is C21H21FN2O7S2. The zero-order valence-electron chi connectivity index (χ0n) is 17.5. The van der Waals surface area contributed by atoms with Crippen LogP contribution in [0.25, 0.3) is 0 Å². The lowest BCUT2D eigenvalue weighted by molar-refractivity contribution is -0.144. The number of halogens is 1. The maximum absolute atomic E-state index is 14.0. The fourth-order valence-electron chi connectivity index (χ4n) is 2.95. The molecule has 33 heavy (non-hydrogen) atoms. The largest absolute Gasteiger partial charge is 0.482 e. The van der Waals surface area contributed by atoms with Crippen LogP contribution < -0.4 is 14.8 Å². The van der Waals surface area contributed by atoms with Crippen LogP contribution in [-0.4, -0.2) is 57.3 Å². The van der Waals surface area contributed by atoms with Gasteiger partial charge in [0.1, 0.15) is 22.5 Å². The number of hydrogen-bond acceptors (Lipinski definition) is 8. The molecule has 0 fully saturated rings. The molecule has 176 valence electrons. The van der Waals surface area contributed by atoms with Gasteiger partial charge in [0.15, 0.2) is 19.0 Å². The Labute approximate surface area is 194 Å². The van der Waals surface area contributed by atoms with E-state index < -0.39 is 45.1 Å². The van der Waals surface area contributed by atoms with Gasteiger partial charge in [-0.05, 0) is 48.8 Å². The van der Waals surface area contributed by atoms with Crippen molar-refractivity contribution in [1.29, 1.82) is 0 Å². The molecule has 0 saturated carbocycles. The lowest BCUT2D eigenvalue weighted by Gasteiger charge is -2.19. The van der Waals surface area contributed by atoms with Crippen molar-refractivity contribution in [2.75, 3.05) is 30.5 Å². The molecule has 9 nitrogen and oxygen atoms in total. The summed E-state index contributed by atoms with van der Waals surface area (Å²) in [6, 6.07) is 7.83. The number of rotatable bonds is 10. The van der Waals surface area contributed by atoms with Crippen LogP contribution in [0.5, 0.6) is 5.75 Å². The summed E-state index contributed by atoms with van der Waals surface area (Å²) < 4.78 is 51.6. The molecule has 0 saturated heterocycles. The second-order valence-corrected chi connectivity index (χ2v) is 9.63. The van der Waals surface area contributed by atoms with Gasteiger partial charge in [-0.1, -0.05) is 12.1 Å². The number of carbonyl (C=O) groups is 3. The molecule has 0 unspecified atom stereocenters. The number of fused-ring (bicyclic) bond motifs is 1. The third-order valence-corrected chi connectivity index (χ3v) is 6.75. The standard InChI is InChI=1S/C21H21FN2O7S2/c1-32-9-8-15(24-33(28,29)19-5-3-2-4-14(19)22)21(27)31-11-17(25)13-6-7-18-16(10-13)23-20(26)12-30-18/h2-7,10,15,24H,8-9,11-12H2,1H3,(H,23,26)/t15-/m0/s1. The fourth-order valence-corrected chi connectivity index (χ4v) is 4.72. The summed E-state index contributed by atoms with van der Waals surface area (Å²) in [6.45, 7) is -0.776. The molecule has 3 rings (SSSR count). The number of amides is 1. The lowest BCUT2D eigenvalue weighted by atomic mass is 10.1. The van der Waals surface area contributed by atoms with E-state index in [1.54, 1.807) is 6.26 Å². The normalized spacial score (nSPS) is 13.9. The molecule has 0 bridgehead atoms. The Hall–Kier alpha value is -2.96. The molecule has 1 atom stereocenters. The van der Waals surface area contributed by atoms with Gasteiger partial charge in [-0.2, -0.15) is 16.5 Å². The molecule has 1 aliphatic heterocycles. The number of thioether (sulfide) groups is 1. The molecule has 1 amide bonds. The van der Waals surface area contributed by atoms with E-state index >= 15 is 0 Å². The summed E-state index contributed by atoms with van der Waals surface area (Å²) in [6.07, 6.45) is 1.85. The first-order chi connectivity index (χ1) is 15.7. The van der Waals surface area contributed by atoms with Gasteiger partial charge in [0.25, 0.3) is 5.91 Å².